The van der Waals surface area contributed by atoms with Crippen LogP contribution in [0.4, 0.5) is 5.82 Å². The fourth-order valence-electron chi connectivity index (χ4n) is 2.05. The molecule has 1 amide bonds. The molecule has 0 radical (unpaired) electrons. The first kappa shape index (κ1) is 15.1. The van der Waals surface area contributed by atoms with Gasteiger partial charge in [-0.1, -0.05) is 18.5 Å². The van der Waals surface area contributed by atoms with Gasteiger partial charge < -0.3 is 15.4 Å². The summed E-state index contributed by atoms with van der Waals surface area (Å²) in [5.74, 6) is 0.490. The molecule has 110 valence electrons. The maximum absolute atomic E-state index is 12.1. The first-order chi connectivity index (χ1) is 9.70. The molecular formula is C14H20ClN3O2. The molecule has 2 heterocycles. The lowest BCUT2D eigenvalue weighted by Gasteiger charge is -2.23. The Morgan fingerprint density at radius 3 is 2.90 bits per heavy atom. The molecule has 0 bridgehead atoms. The van der Waals surface area contributed by atoms with Crippen LogP contribution in [-0.4, -0.2) is 36.7 Å². The Bertz CT molecular complexity index is 462. The number of ether oxygens (including phenoxy) is 1. The van der Waals surface area contributed by atoms with Crippen LogP contribution in [0.5, 0.6) is 0 Å². The van der Waals surface area contributed by atoms with E-state index >= 15 is 0 Å². The number of nitrogens with one attached hydrogen (secondary N) is 2. The highest BCUT2D eigenvalue weighted by molar-refractivity contribution is 6.33. The molecular weight excluding hydrogens is 278 g/mol. The van der Waals surface area contributed by atoms with Crippen LogP contribution in [0.25, 0.3) is 0 Å². The molecule has 0 saturated carbocycles. The maximum Gasteiger partial charge on any atom is 0.253 e. The molecule has 1 saturated heterocycles. The van der Waals surface area contributed by atoms with Crippen LogP contribution < -0.4 is 10.6 Å². The van der Waals surface area contributed by atoms with E-state index in [1.165, 1.54) is 0 Å². The number of amides is 1. The molecule has 0 unspecified atom stereocenters. The molecule has 1 aliphatic rings. The SMILES string of the molecule is CCCNc1ncc(C(=O)NC2CCOCC2)cc1Cl. The van der Waals surface area contributed by atoms with Crippen LogP contribution in [0, 0.1) is 0 Å². The van der Waals surface area contributed by atoms with E-state index in [0.717, 1.165) is 25.8 Å². The normalized spacial score (nSPS) is 15.9. The van der Waals surface area contributed by atoms with Gasteiger partial charge in [-0.3, -0.25) is 4.79 Å². The van der Waals surface area contributed by atoms with Crippen molar-refractivity contribution in [2.24, 2.45) is 0 Å². The highest BCUT2D eigenvalue weighted by Gasteiger charge is 2.17. The molecule has 2 N–H and O–H groups in total. The molecule has 2 rings (SSSR count). The highest BCUT2D eigenvalue weighted by atomic mass is 35.5. The Hall–Kier alpha value is -1.33. The van der Waals surface area contributed by atoms with Gasteiger partial charge >= 0.3 is 0 Å². The van der Waals surface area contributed by atoms with Crippen molar-refractivity contribution in [1.82, 2.24) is 10.3 Å². The lowest BCUT2D eigenvalue weighted by molar-refractivity contribution is 0.0696. The van der Waals surface area contributed by atoms with E-state index in [0.29, 0.717) is 29.6 Å². The topological polar surface area (TPSA) is 63.2 Å². The zero-order valence-corrected chi connectivity index (χ0v) is 12.4. The van der Waals surface area contributed by atoms with Crippen molar-refractivity contribution in [3.63, 3.8) is 0 Å². The van der Waals surface area contributed by atoms with E-state index in [2.05, 4.69) is 22.5 Å². The number of rotatable bonds is 5. The number of halogens is 1. The van der Waals surface area contributed by atoms with E-state index in [-0.39, 0.29) is 11.9 Å². The quantitative estimate of drug-likeness (QED) is 0.876. The molecule has 1 aromatic rings. The fraction of sp³-hybridized carbons (Fsp3) is 0.571. The number of hydrogen-bond acceptors (Lipinski definition) is 4. The van der Waals surface area contributed by atoms with Crippen LogP contribution in [-0.2, 0) is 4.74 Å². The van der Waals surface area contributed by atoms with Crippen molar-refractivity contribution in [3.8, 4) is 0 Å². The zero-order valence-electron chi connectivity index (χ0n) is 11.6. The van der Waals surface area contributed by atoms with Gasteiger partial charge in [0.15, 0.2) is 0 Å². The van der Waals surface area contributed by atoms with E-state index in [9.17, 15) is 4.79 Å². The summed E-state index contributed by atoms with van der Waals surface area (Å²) in [7, 11) is 0. The second-order valence-electron chi connectivity index (χ2n) is 4.84. The van der Waals surface area contributed by atoms with Crippen molar-refractivity contribution in [2.75, 3.05) is 25.1 Å². The predicted molar refractivity (Wildman–Crippen MR) is 79.3 cm³/mol. The molecule has 0 aromatic carbocycles. The van der Waals surface area contributed by atoms with E-state index < -0.39 is 0 Å². The van der Waals surface area contributed by atoms with Gasteiger partial charge in [-0.15, -0.1) is 0 Å². The number of pyridine rings is 1. The van der Waals surface area contributed by atoms with E-state index in [1.54, 1.807) is 12.3 Å². The van der Waals surface area contributed by atoms with Gasteiger partial charge in [0.1, 0.15) is 5.82 Å². The Labute approximate surface area is 124 Å². The first-order valence-electron chi connectivity index (χ1n) is 6.98. The van der Waals surface area contributed by atoms with Crippen molar-refractivity contribution in [3.05, 3.63) is 22.8 Å². The number of nitrogens with zero attached hydrogens (tertiary/aromatic N) is 1. The van der Waals surface area contributed by atoms with Gasteiger partial charge in [0.25, 0.3) is 5.91 Å². The number of anilines is 1. The molecule has 1 fully saturated rings. The predicted octanol–water partition coefficient (Wildman–Crippen LogP) is 2.47. The van der Waals surface area contributed by atoms with Crippen LogP contribution in [0.3, 0.4) is 0 Å². The van der Waals surface area contributed by atoms with Crippen molar-refractivity contribution in [2.45, 2.75) is 32.2 Å². The van der Waals surface area contributed by atoms with Crippen molar-refractivity contribution < 1.29 is 9.53 Å². The Morgan fingerprint density at radius 1 is 1.50 bits per heavy atom. The van der Waals surface area contributed by atoms with Crippen LogP contribution in [0.15, 0.2) is 12.3 Å². The van der Waals surface area contributed by atoms with Crippen molar-refractivity contribution in [1.29, 1.82) is 0 Å². The molecule has 1 aromatic heterocycles. The molecule has 5 nitrogen and oxygen atoms in total. The monoisotopic (exact) mass is 297 g/mol. The van der Waals surface area contributed by atoms with Gasteiger partial charge in [-0.05, 0) is 25.3 Å². The second-order valence-corrected chi connectivity index (χ2v) is 5.25. The number of hydrogen-bond donors (Lipinski definition) is 2. The minimum Gasteiger partial charge on any atom is -0.381 e. The molecule has 0 atom stereocenters. The summed E-state index contributed by atoms with van der Waals surface area (Å²) in [6.45, 7) is 4.27. The lowest BCUT2D eigenvalue weighted by Crippen LogP contribution is -2.38. The smallest absolute Gasteiger partial charge is 0.253 e. The standard InChI is InChI=1S/C14H20ClN3O2/c1-2-5-16-13-12(15)8-10(9-17-13)14(19)18-11-3-6-20-7-4-11/h8-9,11H,2-7H2,1H3,(H,16,17)(H,18,19). The number of carbonyl (C=O) groups is 1. The Kier molecular flexibility index (Phi) is 5.61. The van der Waals surface area contributed by atoms with Crippen LogP contribution in [0.2, 0.25) is 5.02 Å². The average molecular weight is 298 g/mol. The Balaban J connectivity index is 1.97. The third kappa shape index (κ3) is 4.08. The number of carbonyl (C=O) groups excluding carboxylic acids is 1. The van der Waals surface area contributed by atoms with Gasteiger partial charge in [0, 0.05) is 32.0 Å². The summed E-state index contributed by atoms with van der Waals surface area (Å²) in [6.07, 6.45) is 4.24. The molecule has 0 aliphatic carbocycles. The summed E-state index contributed by atoms with van der Waals surface area (Å²) in [5.41, 5.74) is 0.489. The Morgan fingerprint density at radius 2 is 2.25 bits per heavy atom. The number of aromatic nitrogens is 1. The average Bonchev–Trinajstić information content (AvgIpc) is 2.47. The van der Waals surface area contributed by atoms with Gasteiger partial charge in [-0.2, -0.15) is 0 Å². The second kappa shape index (κ2) is 7.45. The molecule has 20 heavy (non-hydrogen) atoms. The lowest BCUT2D eigenvalue weighted by atomic mass is 10.1. The van der Waals surface area contributed by atoms with Gasteiger partial charge in [0.05, 0.1) is 10.6 Å². The fourth-order valence-corrected chi connectivity index (χ4v) is 2.28. The van der Waals surface area contributed by atoms with Crippen molar-refractivity contribution >= 4 is 23.3 Å². The van der Waals surface area contributed by atoms with Gasteiger partial charge in [0.2, 0.25) is 0 Å². The summed E-state index contributed by atoms with van der Waals surface area (Å²) < 4.78 is 5.27. The minimum absolute atomic E-state index is 0.131. The third-order valence-electron chi connectivity index (χ3n) is 3.20. The zero-order chi connectivity index (χ0) is 14.4. The van der Waals surface area contributed by atoms with E-state index in [4.69, 9.17) is 16.3 Å². The third-order valence-corrected chi connectivity index (χ3v) is 3.49. The van der Waals surface area contributed by atoms with E-state index in [1.807, 2.05) is 0 Å². The van der Waals surface area contributed by atoms with Crippen LogP contribution in [0.1, 0.15) is 36.5 Å². The largest absolute Gasteiger partial charge is 0.381 e. The minimum atomic E-state index is -0.131. The summed E-state index contributed by atoms with van der Waals surface area (Å²) in [6, 6.07) is 1.83. The summed E-state index contributed by atoms with van der Waals surface area (Å²) in [5, 5.41) is 6.58. The summed E-state index contributed by atoms with van der Waals surface area (Å²) in [4.78, 5) is 16.3. The first-order valence-corrected chi connectivity index (χ1v) is 7.36. The maximum atomic E-state index is 12.1. The highest BCUT2D eigenvalue weighted by Crippen LogP contribution is 2.20. The molecule has 0 spiro atoms. The molecule has 6 heteroatoms. The van der Waals surface area contributed by atoms with Crippen LogP contribution >= 0.6 is 11.6 Å². The summed E-state index contributed by atoms with van der Waals surface area (Å²) >= 11 is 6.13. The van der Waals surface area contributed by atoms with Gasteiger partial charge in [-0.25, -0.2) is 4.98 Å². The molecule has 1 aliphatic heterocycles.